The van der Waals surface area contributed by atoms with Crippen LogP contribution in [0.3, 0.4) is 0 Å². The number of aromatic nitrogens is 2. The van der Waals surface area contributed by atoms with Crippen LogP contribution in [0.2, 0.25) is 0 Å². The molecule has 0 amide bonds. The van der Waals surface area contributed by atoms with Gasteiger partial charge in [-0.25, -0.2) is 12.8 Å². The molecule has 0 aliphatic rings. The van der Waals surface area contributed by atoms with E-state index in [0.29, 0.717) is 10.0 Å². The molecule has 5 nitrogen and oxygen atoms in total. The van der Waals surface area contributed by atoms with Crippen LogP contribution in [-0.2, 0) is 16.6 Å². The van der Waals surface area contributed by atoms with E-state index in [1.807, 2.05) is 0 Å². The third-order valence-electron chi connectivity index (χ3n) is 3.29. The van der Waals surface area contributed by atoms with E-state index in [4.69, 9.17) is 0 Å². The summed E-state index contributed by atoms with van der Waals surface area (Å²) in [6.45, 7) is 0.193. The summed E-state index contributed by atoms with van der Waals surface area (Å²) in [6, 6.07) is 14.4. The number of hydrogen-bond donors (Lipinski definition) is 1. The highest BCUT2D eigenvalue weighted by molar-refractivity contribution is 9.10. The van der Waals surface area contributed by atoms with E-state index in [0.717, 1.165) is 0 Å². The first-order valence-corrected chi connectivity index (χ1v) is 9.27. The molecule has 3 rings (SSSR count). The van der Waals surface area contributed by atoms with Crippen molar-refractivity contribution in [3.05, 3.63) is 76.6 Å². The molecule has 3 aromatic rings. The van der Waals surface area contributed by atoms with Crippen molar-refractivity contribution in [2.45, 2.75) is 11.4 Å². The molecule has 0 bridgehead atoms. The van der Waals surface area contributed by atoms with Crippen molar-refractivity contribution in [3.63, 3.8) is 0 Å². The molecule has 0 spiro atoms. The van der Waals surface area contributed by atoms with Crippen molar-refractivity contribution >= 4 is 31.8 Å². The van der Waals surface area contributed by atoms with Crippen LogP contribution < -0.4 is 4.72 Å². The van der Waals surface area contributed by atoms with Crippen molar-refractivity contribution in [3.8, 4) is 0 Å². The van der Waals surface area contributed by atoms with Gasteiger partial charge in [-0.2, -0.15) is 5.10 Å². The number of halogens is 2. The summed E-state index contributed by atoms with van der Waals surface area (Å²) >= 11 is 3.27. The fraction of sp³-hybridized carbons (Fsp3) is 0.0625. The van der Waals surface area contributed by atoms with Gasteiger partial charge in [-0.3, -0.25) is 9.40 Å². The minimum Gasteiger partial charge on any atom is -0.265 e. The molecule has 24 heavy (non-hydrogen) atoms. The van der Waals surface area contributed by atoms with Gasteiger partial charge in [-0.15, -0.1) is 0 Å². The highest BCUT2D eigenvalue weighted by atomic mass is 79.9. The van der Waals surface area contributed by atoms with Gasteiger partial charge in [0, 0.05) is 11.8 Å². The summed E-state index contributed by atoms with van der Waals surface area (Å²) in [5.41, 5.74) is 0.463. The van der Waals surface area contributed by atoms with Gasteiger partial charge in [0.05, 0.1) is 15.9 Å². The number of rotatable bonds is 5. The zero-order valence-corrected chi connectivity index (χ0v) is 14.8. The summed E-state index contributed by atoms with van der Waals surface area (Å²) in [6.07, 6.45) is 1.59. The van der Waals surface area contributed by atoms with E-state index in [-0.39, 0.29) is 23.1 Å². The van der Waals surface area contributed by atoms with Crippen LogP contribution in [0.1, 0.15) is 5.56 Å². The van der Waals surface area contributed by atoms with E-state index in [1.165, 1.54) is 22.9 Å². The van der Waals surface area contributed by atoms with E-state index in [9.17, 15) is 12.8 Å². The molecule has 1 aromatic heterocycles. The Labute approximate surface area is 147 Å². The molecule has 0 saturated heterocycles. The molecule has 0 radical (unpaired) electrons. The first kappa shape index (κ1) is 16.7. The summed E-state index contributed by atoms with van der Waals surface area (Å²) in [4.78, 5) is 0.139. The number of anilines is 1. The lowest BCUT2D eigenvalue weighted by atomic mass is 10.2. The maximum Gasteiger partial charge on any atom is 0.263 e. The van der Waals surface area contributed by atoms with Gasteiger partial charge in [0.2, 0.25) is 0 Å². The standard InChI is InChI=1S/C16H13BrFN3O2S/c17-14-11-21(10-12-6-4-5-9-15(12)18)19-16(14)20-24(22,23)13-7-2-1-3-8-13/h1-9,11H,10H2,(H,19,20). The van der Waals surface area contributed by atoms with Crippen LogP contribution in [0, 0.1) is 5.82 Å². The fourth-order valence-corrected chi connectivity index (χ4v) is 3.72. The molecule has 8 heteroatoms. The lowest BCUT2D eigenvalue weighted by Crippen LogP contribution is -2.14. The molecule has 0 aliphatic carbocycles. The molecule has 1 N–H and O–H groups in total. The molecule has 0 unspecified atom stereocenters. The maximum absolute atomic E-state index is 13.7. The number of sulfonamides is 1. The van der Waals surface area contributed by atoms with Gasteiger partial charge in [0.1, 0.15) is 5.82 Å². The van der Waals surface area contributed by atoms with Crippen LogP contribution >= 0.6 is 15.9 Å². The molecular formula is C16H13BrFN3O2S. The minimum atomic E-state index is -3.73. The minimum absolute atomic E-state index is 0.139. The number of nitrogens with zero attached hydrogens (tertiary/aromatic N) is 2. The van der Waals surface area contributed by atoms with Gasteiger partial charge >= 0.3 is 0 Å². The van der Waals surface area contributed by atoms with E-state index in [2.05, 4.69) is 25.8 Å². The van der Waals surface area contributed by atoms with Crippen molar-refractivity contribution in [1.82, 2.24) is 9.78 Å². The Morgan fingerprint density at radius 3 is 2.46 bits per heavy atom. The summed E-state index contributed by atoms with van der Waals surface area (Å²) in [7, 11) is -3.73. The Balaban J connectivity index is 1.84. The first-order chi connectivity index (χ1) is 11.5. The van der Waals surface area contributed by atoms with Crippen LogP contribution in [0.25, 0.3) is 0 Å². The Hall–Kier alpha value is -2.19. The van der Waals surface area contributed by atoms with Crippen LogP contribution in [-0.4, -0.2) is 18.2 Å². The van der Waals surface area contributed by atoms with Gasteiger partial charge in [-0.1, -0.05) is 36.4 Å². The van der Waals surface area contributed by atoms with E-state index in [1.54, 1.807) is 42.6 Å². The highest BCUT2D eigenvalue weighted by Crippen LogP contribution is 2.24. The van der Waals surface area contributed by atoms with Crippen LogP contribution in [0.5, 0.6) is 0 Å². The average molecular weight is 410 g/mol. The van der Waals surface area contributed by atoms with Gasteiger partial charge in [-0.05, 0) is 34.1 Å². The zero-order chi connectivity index (χ0) is 17.2. The van der Waals surface area contributed by atoms with Crippen molar-refractivity contribution in [2.24, 2.45) is 0 Å². The molecular weight excluding hydrogens is 397 g/mol. The number of nitrogens with one attached hydrogen (secondary N) is 1. The summed E-state index contributed by atoms with van der Waals surface area (Å²) < 4.78 is 42.7. The average Bonchev–Trinajstić information content (AvgIpc) is 2.89. The maximum atomic E-state index is 13.7. The van der Waals surface area contributed by atoms with Gasteiger partial charge in [0.25, 0.3) is 10.0 Å². The van der Waals surface area contributed by atoms with E-state index < -0.39 is 10.0 Å². The Bertz CT molecular complexity index is 958. The Kier molecular flexibility index (Phi) is 4.68. The zero-order valence-electron chi connectivity index (χ0n) is 12.4. The monoisotopic (exact) mass is 409 g/mol. The van der Waals surface area contributed by atoms with Crippen molar-refractivity contribution in [2.75, 3.05) is 4.72 Å². The van der Waals surface area contributed by atoms with Crippen LogP contribution in [0.4, 0.5) is 10.2 Å². The van der Waals surface area contributed by atoms with Gasteiger partial charge < -0.3 is 0 Å². The molecule has 124 valence electrons. The number of benzene rings is 2. The number of hydrogen-bond acceptors (Lipinski definition) is 3. The Morgan fingerprint density at radius 2 is 1.75 bits per heavy atom. The largest absolute Gasteiger partial charge is 0.265 e. The predicted octanol–water partition coefficient (Wildman–Crippen LogP) is 3.63. The SMILES string of the molecule is O=S(=O)(Nc1nn(Cc2ccccc2F)cc1Br)c1ccccc1. The molecule has 1 heterocycles. The Morgan fingerprint density at radius 1 is 1.08 bits per heavy atom. The van der Waals surface area contributed by atoms with Crippen molar-refractivity contribution < 1.29 is 12.8 Å². The molecule has 0 saturated carbocycles. The second kappa shape index (κ2) is 6.74. The normalized spacial score (nSPS) is 11.4. The lowest BCUT2D eigenvalue weighted by molar-refractivity contribution is 0.585. The lowest BCUT2D eigenvalue weighted by Gasteiger charge is -2.06. The van der Waals surface area contributed by atoms with Crippen LogP contribution in [0.15, 0.2) is 70.2 Å². The predicted molar refractivity (Wildman–Crippen MR) is 92.7 cm³/mol. The van der Waals surface area contributed by atoms with Gasteiger partial charge in [0.15, 0.2) is 5.82 Å². The summed E-state index contributed by atoms with van der Waals surface area (Å²) in [5.74, 6) is -0.189. The van der Waals surface area contributed by atoms with Crippen molar-refractivity contribution in [1.29, 1.82) is 0 Å². The third kappa shape index (κ3) is 3.65. The second-order valence-corrected chi connectivity index (χ2v) is 7.57. The fourth-order valence-electron chi connectivity index (χ4n) is 2.13. The molecule has 2 aromatic carbocycles. The molecule has 0 atom stereocenters. The second-order valence-electron chi connectivity index (χ2n) is 5.03. The highest BCUT2D eigenvalue weighted by Gasteiger charge is 2.18. The quantitative estimate of drug-likeness (QED) is 0.699. The smallest absolute Gasteiger partial charge is 0.263 e. The van der Waals surface area contributed by atoms with E-state index >= 15 is 0 Å². The molecule has 0 fully saturated rings. The third-order valence-corrected chi connectivity index (χ3v) is 5.23. The first-order valence-electron chi connectivity index (χ1n) is 7.00. The molecule has 0 aliphatic heterocycles. The topological polar surface area (TPSA) is 64.0 Å². The summed E-state index contributed by atoms with van der Waals surface area (Å²) in [5, 5.41) is 4.17.